The molecule has 2 amide bonds. The van der Waals surface area contributed by atoms with Crippen molar-refractivity contribution < 1.29 is 28.7 Å². The van der Waals surface area contributed by atoms with E-state index >= 15 is 0 Å². The number of ether oxygens (including phenoxy) is 2. The van der Waals surface area contributed by atoms with Crippen LogP contribution in [0.15, 0.2) is 72.8 Å². The molecule has 8 nitrogen and oxygen atoms in total. The Hall–Kier alpha value is -4.17. The fraction of sp³-hybridized carbons (Fsp3) is 0.222. The van der Waals surface area contributed by atoms with Crippen LogP contribution in [-0.4, -0.2) is 38.1 Å². The summed E-state index contributed by atoms with van der Waals surface area (Å²) in [5, 5.41) is 1.65. The molecule has 0 unspecified atom stereocenters. The Morgan fingerprint density at radius 2 is 1.57 bits per heavy atom. The topological polar surface area (TPSA) is 85.4 Å². The van der Waals surface area contributed by atoms with Crippen LogP contribution >= 0.6 is 0 Å². The molecule has 0 radical (unpaired) electrons. The van der Waals surface area contributed by atoms with Gasteiger partial charge in [0.15, 0.2) is 6.10 Å². The van der Waals surface area contributed by atoms with Gasteiger partial charge in [-0.3, -0.25) is 14.4 Å². The van der Waals surface area contributed by atoms with Crippen LogP contribution in [0.25, 0.3) is 0 Å². The summed E-state index contributed by atoms with van der Waals surface area (Å²) in [5.41, 5.74) is 3.30. The third-order valence-corrected chi connectivity index (χ3v) is 6.47. The van der Waals surface area contributed by atoms with E-state index in [4.69, 9.17) is 14.3 Å². The summed E-state index contributed by atoms with van der Waals surface area (Å²) in [6.45, 7) is 1.94. The van der Waals surface area contributed by atoms with Gasteiger partial charge >= 0.3 is 5.97 Å². The van der Waals surface area contributed by atoms with Crippen molar-refractivity contribution in [3.05, 3.63) is 89.5 Å². The second-order valence-corrected chi connectivity index (χ2v) is 8.43. The second kappa shape index (κ2) is 8.88. The summed E-state index contributed by atoms with van der Waals surface area (Å²) in [6.07, 6.45) is -0.977. The minimum Gasteiger partial charge on any atom is -0.497 e. The minimum absolute atomic E-state index is 0.344. The van der Waals surface area contributed by atoms with Crippen LogP contribution in [0, 0.1) is 12.8 Å². The highest BCUT2D eigenvalue weighted by molar-refractivity contribution is 6.24. The van der Waals surface area contributed by atoms with Crippen LogP contribution in [0.2, 0.25) is 0 Å². The zero-order chi connectivity index (χ0) is 24.7. The number of nitrogens with zero attached hydrogens (tertiary/aromatic N) is 2. The molecule has 3 aromatic carbocycles. The highest BCUT2D eigenvalue weighted by Gasteiger charge is 2.60. The van der Waals surface area contributed by atoms with Gasteiger partial charge in [-0.2, -0.15) is 0 Å². The number of anilines is 2. The maximum atomic E-state index is 13.7. The van der Waals surface area contributed by atoms with Crippen molar-refractivity contribution in [3.63, 3.8) is 0 Å². The first-order chi connectivity index (χ1) is 16.9. The molecule has 2 aliphatic rings. The molecule has 5 rings (SSSR count). The fourth-order valence-electron chi connectivity index (χ4n) is 4.69. The first-order valence-corrected chi connectivity index (χ1v) is 11.2. The average Bonchev–Trinajstić information content (AvgIpc) is 3.39. The van der Waals surface area contributed by atoms with Crippen molar-refractivity contribution in [2.24, 2.45) is 5.92 Å². The van der Waals surface area contributed by atoms with Crippen LogP contribution < -0.4 is 14.7 Å². The van der Waals surface area contributed by atoms with Crippen LogP contribution in [0.3, 0.4) is 0 Å². The Morgan fingerprint density at radius 1 is 0.886 bits per heavy atom. The van der Waals surface area contributed by atoms with Gasteiger partial charge in [0.1, 0.15) is 11.7 Å². The zero-order valence-electron chi connectivity index (χ0n) is 19.5. The van der Waals surface area contributed by atoms with Gasteiger partial charge in [0.25, 0.3) is 5.91 Å². The summed E-state index contributed by atoms with van der Waals surface area (Å²) >= 11 is 0. The van der Waals surface area contributed by atoms with Crippen LogP contribution in [0.5, 0.6) is 5.75 Å². The lowest BCUT2D eigenvalue weighted by Gasteiger charge is -2.29. The number of rotatable bonds is 5. The number of aryl methyl sites for hydroxylation is 1. The van der Waals surface area contributed by atoms with E-state index in [1.54, 1.807) is 60.7 Å². The Kier molecular flexibility index (Phi) is 5.74. The van der Waals surface area contributed by atoms with E-state index in [-0.39, 0.29) is 5.91 Å². The van der Waals surface area contributed by atoms with E-state index in [0.29, 0.717) is 17.0 Å². The fourth-order valence-corrected chi connectivity index (χ4v) is 4.69. The Bertz CT molecular complexity index is 1290. The van der Waals surface area contributed by atoms with Crippen molar-refractivity contribution >= 4 is 29.2 Å². The molecular weight excluding hydrogens is 448 g/mol. The molecule has 8 heteroatoms. The summed E-state index contributed by atoms with van der Waals surface area (Å²) in [4.78, 5) is 46.5. The number of carbonyl (C=O) groups is 3. The third kappa shape index (κ3) is 3.72. The monoisotopic (exact) mass is 472 g/mol. The van der Waals surface area contributed by atoms with Gasteiger partial charge in [0.2, 0.25) is 5.91 Å². The summed E-state index contributed by atoms with van der Waals surface area (Å²) < 4.78 is 9.99. The number of amides is 2. The minimum atomic E-state index is -0.977. The maximum Gasteiger partial charge on any atom is 0.337 e. The molecule has 0 bridgehead atoms. The summed E-state index contributed by atoms with van der Waals surface area (Å²) in [7, 11) is 2.87. The quantitative estimate of drug-likeness (QED) is 0.412. The van der Waals surface area contributed by atoms with Crippen molar-refractivity contribution in [3.8, 4) is 5.75 Å². The van der Waals surface area contributed by atoms with E-state index in [1.165, 1.54) is 12.0 Å². The maximum absolute atomic E-state index is 13.7. The van der Waals surface area contributed by atoms with Gasteiger partial charge in [0.05, 0.1) is 37.2 Å². The predicted octanol–water partition coefficient (Wildman–Crippen LogP) is 3.84. The van der Waals surface area contributed by atoms with Crippen molar-refractivity contribution in [2.75, 3.05) is 24.2 Å². The lowest BCUT2D eigenvalue weighted by Crippen LogP contribution is -2.37. The van der Waals surface area contributed by atoms with E-state index in [9.17, 15) is 14.4 Å². The van der Waals surface area contributed by atoms with Gasteiger partial charge in [-0.15, -0.1) is 0 Å². The number of esters is 1. The van der Waals surface area contributed by atoms with Crippen LogP contribution in [0.4, 0.5) is 11.4 Å². The van der Waals surface area contributed by atoms with Gasteiger partial charge < -0.3 is 9.47 Å². The molecule has 2 saturated heterocycles. The van der Waals surface area contributed by atoms with Crippen molar-refractivity contribution in [2.45, 2.75) is 19.1 Å². The number of hydrogen-bond donors (Lipinski definition) is 0. The molecule has 0 saturated carbocycles. The Morgan fingerprint density at radius 3 is 2.20 bits per heavy atom. The number of imide groups is 1. The molecule has 0 aromatic heterocycles. The SMILES string of the molecule is COC(=O)c1ccc([C@@H]2[C@H]3C(=O)N(c4ccc(OC)cc4)C(=O)[C@H]3ON2c2ccccc2C)cc1. The largest absolute Gasteiger partial charge is 0.497 e. The smallest absolute Gasteiger partial charge is 0.337 e. The van der Waals surface area contributed by atoms with Crippen molar-refractivity contribution in [1.29, 1.82) is 0 Å². The molecule has 3 aromatic rings. The number of para-hydroxylation sites is 1. The molecule has 3 atom stereocenters. The van der Waals surface area contributed by atoms with E-state index in [1.807, 2.05) is 31.2 Å². The van der Waals surface area contributed by atoms with Crippen LogP contribution in [-0.2, 0) is 19.2 Å². The normalized spacial score (nSPS) is 21.3. The average molecular weight is 472 g/mol. The second-order valence-electron chi connectivity index (χ2n) is 8.43. The van der Waals surface area contributed by atoms with Gasteiger partial charge in [-0.25, -0.2) is 14.8 Å². The molecule has 0 N–H and O–H groups in total. The predicted molar refractivity (Wildman–Crippen MR) is 128 cm³/mol. The van der Waals surface area contributed by atoms with Gasteiger partial charge in [-0.1, -0.05) is 30.3 Å². The molecule has 0 spiro atoms. The molecule has 2 heterocycles. The first kappa shape index (κ1) is 22.6. The standard InChI is InChI=1S/C27H24N2O6/c1-16-6-4-5-7-21(16)29-23(17-8-10-18(11-9-17)27(32)34-3)22-24(35-29)26(31)28(25(22)30)19-12-14-20(33-2)15-13-19/h4-15,22-24H,1-3H3/t22-,23-,24+/m1/s1. The van der Waals surface area contributed by atoms with E-state index in [2.05, 4.69) is 0 Å². The van der Waals surface area contributed by atoms with E-state index in [0.717, 1.165) is 16.8 Å². The summed E-state index contributed by atoms with van der Waals surface area (Å²) in [6, 6.07) is 20.6. The molecule has 178 valence electrons. The highest BCUT2D eigenvalue weighted by Crippen LogP contribution is 2.48. The lowest BCUT2D eigenvalue weighted by molar-refractivity contribution is -0.126. The Balaban J connectivity index is 1.56. The Labute approximate surface area is 202 Å². The number of fused-ring (bicyclic) bond motifs is 1. The molecule has 2 aliphatic heterocycles. The molecular formula is C27H24N2O6. The number of methoxy groups -OCH3 is 2. The van der Waals surface area contributed by atoms with Crippen molar-refractivity contribution in [1.82, 2.24) is 0 Å². The third-order valence-electron chi connectivity index (χ3n) is 6.47. The summed E-state index contributed by atoms with van der Waals surface area (Å²) in [5.74, 6) is -1.36. The van der Waals surface area contributed by atoms with Crippen LogP contribution in [0.1, 0.15) is 27.5 Å². The van der Waals surface area contributed by atoms with Gasteiger partial charge in [-0.05, 0) is 60.5 Å². The lowest BCUT2D eigenvalue weighted by atomic mass is 9.90. The number of carbonyl (C=O) groups excluding carboxylic acids is 3. The number of hydrogen-bond acceptors (Lipinski definition) is 7. The van der Waals surface area contributed by atoms with E-state index < -0.39 is 29.9 Å². The zero-order valence-corrected chi connectivity index (χ0v) is 19.5. The number of benzene rings is 3. The number of hydroxylamine groups is 1. The molecule has 0 aliphatic carbocycles. The van der Waals surface area contributed by atoms with Gasteiger partial charge in [0, 0.05) is 0 Å². The first-order valence-electron chi connectivity index (χ1n) is 11.2. The molecule has 35 heavy (non-hydrogen) atoms. The molecule has 2 fully saturated rings. The highest BCUT2D eigenvalue weighted by atomic mass is 16.7.